The number of anilines is 1. The van der Waals surface area contributed by atoms with Gasteiger partial charge in [0, 0.05) is 18.7 Å². The number of carbonyl (C=O) groups is 2. The smallest absolute Gasteiger partial charge is 0.252 e. The highest BCUT2D eigenvalue weighted by Crippen LogP contribution is 2.26. The number of aryl methyl sites for hydroxylation is 1. The van der Waals surface area contributed by atoms with Crippen molar-refractivity contribution in [3.8, 4) is 0 Å². The van der Waals surface area contributed by atoms with Crippen molar-refractivity contribution in [2.75, 3.05) is 11.4 Å². The Hall–Kier alpha value is -1.84. The first kappa shape index (κ1) is 13.6. The second kappa shape index (κ2) is 4.68. The summed E-state index contributed by atoms with van der Waals surface area (Å²) in [4.78, 5) is 26.0. The van der Waals surface area contributed by atoms with E-state index in [0.29, 0.717) is 13.0 Å². The molecule has 1 aromatic rings. The Kier molecular flexibility index (Phi) is 3.35. The average Bonchev–Trinajstić information content (AvgIpc) is 2.42. The Morgan fingerprint density at radius 3 is 2.58 bits per heavy atom. The van der Waals surface area contributed by atoms with Gasteiger partial charge in [-0.3, -0.25) is 9.59 Å². The predicted octanol–water partition coefficient (Wildman–Crippen LogP) is 1.93. The standard InChI is InChI=1S/C15H20N2O2/c1-10-6-5-7-12(11(10)2)17-9-8-13(18)16-15(3,4)14(17)19/h5-7H,8-9H2,1-4H3,(H,16,18). The minimum absolute atomic E-state index is 0.0629. The highest BCUT2D eigenvalue weighted by atomic mass is 16.2. The lowest BCUT2D eigenvalue weighted by molar-refractivity contribution is -0.128. The Labute approximate surface area is 113 Å². The summed E-state index contributed by atoms with van der Waals surface area (Å²) in [5.41, 5.74) is 2.27. The molecule has 2 amide bonds. The molecule has 0 bridgehead atoms. The van der Waals surface area contributed by atoms with Gasteiger partial charge in [0.1, 0.15) is 5.54 Å². The van der Waals surface area contributed by atoms with Gasteiger partial charge in [-0.05, 0) is 44.9 Å². The van der Waals surface area contributed by atoms with Crippen LogP contribution >= 0.6 is 0 Å². The van der Waals surface area contributed by atoms with Gasteiger partial charge in [0.2, 0.25) is 5.91 Å². The average molecular weight is 260 g/mol. The van der Waals surface area contributed by atoms with Crippen LogP contribution in [0.3, 0.4) is 0 Å². The van der Waals surface area contributed by atoms with Gasteiger partial charge in [0.25, 0.3) is 5.91 Å². The molecule has 0 radical (unpaired) electrons. The molecule has 0 aromatic heterocycles. The minimum atomic E-state index is -0.857. The number of amides is 2. The lowest BCUT2D eigenvalue weighted by Gasteiger charge is -2.30. The highest BCUT2D eigenvalue weighted by molar-refractivity contribution is 6.04. The molecular formula is C15H20N2O2. The fourth-order valence-electron chi connectivity index (χ4n) is 2.37. The summed E-state index contributed by atoms with van der Waals surface area (Å²) >= 11 is 0. The van der Waals surface area contributed by atoms with Crippen LogP contribution in [0.15, 0.2) is 18.2 Å². The maximum Gasteiger partial charge on any atom is 0.252 e. The molecule has 0 spiro atoms. The molecule has 1 saturated heterocycles. The Balaban J connectivity index is 2.45. The molecule has 1 aromatic carbocycles. The zero-order valence-electron chi connectivity index (χ0n) is 11.9. The van der Waals surface area contributed by atoms with Crippen LogP contribution < -0.4 is 10.2 Å². The van der Waals surface area contributed by atoms with E-state index in [1.54, 1.807) is 18.7 Å². The molecule has 1 fully saturated rings. The maximum absolute atomic E-state index is 12.6. The number of rotatable bonds is 1. The van der Waals surface area contributed by atoms with Crippen molar-refractivity contribution in [1.29, 1.82) is 0 Å². The van der Waals surface area contributed by atoms with Gasteiger partial charge in [-0.25, -0.2) is 0 Å². The largest absolute Gasteiger partial charge is 0.342 e. The second-order valence-electron chi connectivity index (χ2n) is 5.60. The predicted molar refractivity (Wildman–Crippen MR) is 75.1 cm³/mol. The van der Waals surface area contributed by atoms with E-state index in [1.807, 2.05) is 32.0 Å². The van der Waals surface area contributed by atoms with Crippen LogP contribution in [0, 0.1) is 13.8 Å². The summed E-state index contributed by atoms with van der Waals surface area (Å²) in [6.07, 6.45) is 0.336. The third-order valence-electron chi connectivity index (χ3n) is 3.66. The van der Waals surface area contributed by atoms with E-state index >= 15 is 0 Å². The Morgan fingerprint density at radius 1 is 1.21 bits per heavy atom. The molecule has 0 saturated carbocycles. The van der Waals surface area contributed by atoms with E-state index in [1.165, 1.54) is 0 Å². The molecule has 1 aliphatic heterocycles. The summed E-state index contributed by atoms with van der Waals surface area (Å²) < 4.78 is 0. The molecule has 19 heavy (non-hydrogen) atoms. The van der Waals surface area contributed by atoms with Gasteiger partial charge < -0.3 is 10.2 Å². The van der Waals surface area contributed by atoms with Crippen molar-refractivity contribution in [3.05, 3.63) is 29.3 Å². The molecule has 0 atom stereocenters. The normalized spacial score (nSPS) is 19.1. The third kappa shape index (κ3) is 2.48. The summed E-state index contributed by atoms with van der Waals surface area (Å²) in [6, 6.07) is 5.90. The molecule has 1 aliphatic rings. The lowest BCUT2D eigenvalue weighted by atomic mass is 10.0. The van der Waals surface area contributed by atoms with Crippen LogP contribution in [0.2, 0.25) is 0 Å². The van der Waals surface area contributed by atoms with Gasteiger partial charge in [-0.1, -0.05) is 12.1 Å². The van der Waals surface area contributed by atoms with Gasteiger partial charge in [-0.2, -0.15) is 0 Å². The van der Waals surface area contributed by atoms with Crippen molar-refractivity contribution in [2.45, 2.75) is 39.7 Å². The first-order valence-electron chi connectivity index (χ1n) is 6.52. The molecule has 102 valence electrons. The van der Waals surface area contributed by atoms with Crippen LogP contribution in [0.5, 0.6) is 0 Å². The van der Waals surface area contributed by atoms with Crippen LogP contribution in [0.4, 0.5) is 5.69 Å². The molecule has 2 rings (SSSR count). The summed E-state index contributed by atoms with van der Waals surface area (Å²) in [5.74, 6) is -0.141. The van der Waals surface area contributed by atoms with E-state index < -0.39 is 5.54 Å². The summed E-state index contributed by atoms with van der Waals surface area (Å²) in [6.45, 7) is 7.95. The zero-order valence-corrected chi connectivity index (χ0v) is 11.9. The monoisotopic (exact) mass is 260 g/mol. The zero-order chi connectivity index (χ0) is 14.2. The third-order valence-corrected chi connectivity index (χ3v) is 3.66. The van der Waals surface area contributed by atoms with Crippen molar-refractivity contribution in [1.82, 2.24) is 5.32 Å². The summed E-state index contributed by atoms with van der Waals surface area (Å²) in [7, 11) is 0. The number of nitrogens with zero attached hydrogens (tertiary/aromatic N) is 1. The number of benzene rings is 1. The number of hydrogen-bond donors (Lipinski definition) is 1. The van der Waals surface area contributed by atoms with Crippen LogP contribution in [-0.4, -0.2) is 23.9 Å². The fraction of sp³-hybridized carbons (Fsp3) is 0.467. The van der Waals surface area contributed by atoms with Crippen LogP contribution in [0.25, 0.3) is 0 Å². The SMILES string of the molecule is Cc1cccc(N2CCC(=O)NC(C)(C)C2=O)c1C. The van der Waals surface area contributed by atoms with Gasteiger partial charge in [-0.15, -0.1) is 0 Å². The van der Waals surface area contributed by atoms with Crippen molar-refractivity contribution >= 4 is 17.5 Å². The topological polar surface area (TPSA) is 49.4 Å². The van der Waals surface area contributed by atoms with Gasteiger partial charge >= 0.3 is 0 Å². The maximum atomic E-state index is 12.6. The second-order valence-corrected chi connectivity index (χ2v) is 5.60. The lowest BCUT2D eigenvalue weighted by Crippen LogP contribution is -2.53. The molecule has 0 aliphatic carbocycles. The van der Waals surface area contributed by atoms with Crippen LogP contribution in [0.1, 0.15) is 31.4 Å². The Morgan fingerprint density at radius 2 is 1.89 bits per heavy atom. The molecule has 4 nitrogen and oxygen atoms in total. The van der Waals surface area contributed by atoms with Crippen LogP contribution in [-0.2, 0) is 9.59 Å². The first-order chi connectivity index (χ1) is 8.83. The van der Waals surface area contributed by atoms with Crippen molar-refractivity contribution in [3.63, 3.8) is 0 Å². The first-order valence-corrected chi connectivity index (χ1v) is 6.52. The quantitative estimate of drug-likeness (QED) is 0.839. The van der Waals surface area contributed by atoms with Crippen molar-refractivity contribution in [2.24, 2.45) is 0 Å². The molecule has 4 heteroatoms. The van der Waals surface area contributed by atoms with E-state index in [9.17, 15) is 9.59 Å². The van der Waals surface area contributed by atoms with Gasteiger partial charge in [0.05, 0.1) is 0 Å². The van der Waals surface area contributed by atoms with E-state index in [-0.39, 0.29) is 11.8 Å². The highest BCUT2D eigenvalue weighted by Gasteiger charge is 2.37. The molecular weight excluding hydrogens is 240 g/mol. The molecule has 0 unspecified atom stereocenters. The van der Waals surface area contributed by atoms with Crippen molar-refractivity contribution < 1.29 is 9.59 Å². The summed E-state index contributed by atoms with van der Waals surface area (Å²) in [5, 5.41) is 2.77. The van der Waals surface area contributed by atoms with Gasteiger partial charge in [0.15, 0.2) is 0 Å². The van der Waals surface area contributed by atoms with E-state index in [4.69, 9.17) is 0 Å². The molecule has 1 N–H and O–H groups in total. The number of nitrogens with one attached hydrogen (secondary N) is 1. The number of carbonyl (C=O) groups excluding carboxylic acids is 2. The molecule has 1 heterocycles. The van der Waals surface area contributed by atoms with E-state index in [0.717, 1.165) is 16.8 Å². The Bertz CT molecular complexity index is 535. The fourth-order valence-corrected chi connectivity index (χ4v) is 2.37. The minimum Gasteiger partial charge on any atom is -0.342 e. The number of hydrogen-bond acceptors (Lipinski definition) is 2. The van der Waals surface area contributed by atoms with E-state index in [2.05, 4.69) is 5.32 Å².